The van der Waals surface area contributed by atoms with E-state index in [-0.39, 0.29) is 17.3 Å². The van der Waals surface area contributed by atoms with Gasteiger partial charge in [0.2, 0.25) is 5.71 Å². The first-order valence-electron chi connectivity index (χ1n) is 7.58. The number of hydrogen-bond acceptors (Lipinski definition) is 6. The number of rotatable bonds is 5. The summed E-state index contributed by atoms with van der Waals surface area (Å²) >= 11 is 0. The van der Waals surface area contributed by atoms with Gasteiger partial charge in [-0.1, -0.05) is 25.7 Å². The molecule has 0 atom stereocenters. The smallest absolute Gasteiger partial charge is 0.337 e. The van der Waals surface area contributed by atoms with Crippen molar-refractivity contribution in [1.82, 2.24) is 15.4 Å². The Morgan fingerprint density at radius 3 is 2.91 bits per heavy atom. The van der Waals surface area contributed by atoms with E-state index in [4.69, 9.17) is 9.25 Å². The zero-order chi connectivity index (χ0) is 15.5. The molecule has 0 radical (unpaired) electrons. The van der Waals surface area contributed by atoms with E-state index < -0.39 is 5.63 Å². The molecule has 2 aromatic rings. The number of nitrogens with zero attached hydrogens (tertiary/aromatic N) is 1. The van der Waals surface area contributed by atoms with Gasteiger partial charge < -0.3 is 9.25 Å². The molecule has 0 aliphatic heterocycles. The lowest BCUT2D eigenvalue weighted by Gasteiger charge is -2.09. The van der Waals surface area contributed by atoms with Crippen LogP contribution in [0, 0.1) is 5.92 Å². The fourth-order valence-electron chi connectivity index (χ4n) is 3.13. The molecular weight excluding hydrogens is 286 g/mol. The molecule has 0 aromatic carbocycles. The zero-order valence-corrected chi connectivity index (χ0v) is 12.5. The molecule has 7 nitrogen and oxygen atoms in total. The third-order valence-corrected chi connectivity index (χ3v) is 4.17. The Hall–Kier alpha value is -2.15. The van der Waals surface area contributed by atoms with Gasteiger partial charge in [0.1, 0.15) is 5.39 Å². The Morgan fingerprint density at radius 2 is 2.18 bits per heavy atom. The maximum atomic E-state index is 12.2. The lowest BCUT2D eigenvalue weighted by molar-refractivity contribution is 0.203. The fraction of sp³-hybridized carbons (Fsp3) is 0.533. The van der Waals surface area contributed by atoms with Gasteiger partial charge in [-0.15, -0.1) is 0 Å². The van der Waals surface area contributed by atoms with Crippen molar-refractivity contribution in [2.24, 2.45) is 5.92 Å². The fourth-order valence-corrected chi connectivity index (χ4v) is 3.13. The average molecular weight is 305 g/mol. The summed E-state index contributed by atoms with van der Waals surface area (Å²) in [5.41, 5.74) is 2.27. The minimum absolute atomic E-state index is 0.0166. The van der Waals surface area contributed by atoms with Crippen molar-refractivity contribution < 1.29 is 9.25 Å². The van der Waals surface area contributed by atoms with E-state index >= 15 is 0 Å². The molecule has 0 unspecified atom stereocenters. The number of nitrogens with one attached hydrogen (secondary N) is 2. The topological polar surface area (TPSA) is 97.2 Å². The summed E-state index contributed by atoms with van der Waals surface area (Å²) in [6, 6.07) is 1.36. The maximum absolute atomic E-state index is 12.2. The van der Waals surface area contributed by atoms with Crippen LogP contribution in [0.15, 0.2) is 20.1 Å². The highest BCUT2D eigenvalue weighted by atomic mass is 16.7. The van der Waals surface area contributed by atoms with E-state index in [1.54, 1.807) is 7.05 Å². The summed E-state index contributed by atoms with van der Waals surface area (Å²) in [6.45, 7) is 0. The summed E-state index contributed by atoms with van der Waals surface area (Å²) in [5, 5.41) is 0.334. The number of hydroxylamine groups is 1. The van der Waals surface area contributed by atoms with Crippen molar-refractivity contribution in [2.75, 3.05) is 7.05 Å². The van der Waals surface area contributed by atoms with Gasteiger partial charge in [-0.05, 0) is 24.3 Å². The predicted molar refractivity (Wildman–Crippen MR) is 80.9 cm³/mol. The molecule has 1 saturated carbocycles. The second-order valence-electron chi connectivity index (χ2n) is 5.64. The monoisotopic (exact) mass is 305 g/mol. The van der Waals surface area contributed by atoms with Gasteiger partial charge in [0.15, 0.2) is 0 Å². The van der Waals surface area contributed by atoms with E-state index in [9.17, 15) is 9.59 Å². The van der Waals surface area contributed by atoms with Crippen LogP contribution < -0.4 is 21.5 Å². The minimum atomic E-state index is -0.498. The Balaban J connectivity index is 1.97. The average Bonchev–Trinajstić information content (AvgIpc) is 2.97. The van der Waals surface area contributed by atoms with Gasteiger partial charge >= 0.3 is 11.6 Å². The summed E-state index contributed by atoms with van der Waals surface area (Å²) in [4.78, 5) is 35.4. The third-order valence-electron chi connectivity index (χ3n) is 4.17. The molecule has 2 heterocycles. The number of fused-ring (bicyclic) bond motifs is 1. The van der Waals surface area contributed by atoms with E-state index in [0.29, 0.717) is 23.3 Å². The molecule has 1 aliphatic rings. The molecule has 0 spiro atoms. The van der Waals surface area contributed by atoms with Gasteiger partial charge in [0, 0.05) is 13.1 Å². The Bertz CT molecular complexity index is 774. The molecule has 7 heteroatoms. The first kappa shape index (κ1) is 14.8. The van der Waals surface area contributed by atoms with Gasteiger partial charge in [0.05, 0.1) is 0 Å². The van der Waals surface area contributed by atoms with Crippen LogP contribution in [0.3, 0.4) is 0 Å². The molecule has 3 rings (SSSR count). The molecule has 118 valence electrons. The number of aromatic nitrogens is 2. The zero-order valence-electron chi connectivity index (χ0n) is 12.5. The molecule has 1 fully saturated rings. The summed E-state index contributed by atoms with van der Waals surface area (Å²) < 4.78 is 5.05. The molecule has 0 amide bonds. The van der Waals surface area contributed by atoms with Crippen LogP contribution in [0.4, 0.5) is 0 Å². The standard InChI is InChI=1S/C15H19N3O4/c1-16-22-15-17-13(20)12-10(7-6-9-4-2-3-5-9)8-11(19)21-14(12)18-15/h8-9,16H,2-7H2,1H3,(H,17,18,20). The highest BCUT2D eigenvalue weighted by Gasteiger charge is 2.18. The largest absolute Gasteiger partial charge is 0.403 e. The molecule has 2 N–H and O–H groups in total. The van der Waals surface area contributed by atoms with Crippen LogP contribution in [-0.4, -0.2) is 17.0 Å². The number of aryl methyl sites for hydroxylation is 1. The lowest BCUT2D eigenvalue weighted by atomic mass is 9.97. The molecule has 0 bridgehead atoms. The quantitative estimate of drug-likeness (QED) is 0.813. The number of aromatic amines is 1. The third kappa shape index (κ3) is 3.04. The first-order valence-corrected chi connectivity index (χ1v) is 7.58. The summed E-state index contributed by atoms with van der Waals surface area (Å²) in [5.74, 6) is 0.682. The van der Waals surface area contributed by atoms with Crippen LogP contribution in [0.1, 0.15) is 37.7 Å². The van der Waals surface area contributed by atoms with Crippen molar-refractivity contribution in [2.45, 2.75) is 38.5 Å². The van der Waals surface area contributed by atoms with E-state index in [1.807, 2.05) is 0 Å². The normalized spacial score (nSPS) is 15.5. The van der Waals surface area contributed by atoms with Crippen LogP contribution in [0.2, 0.25) is 0 Å². The number of H-pyrrole nitrogens is 1. The van der Waals surface area contributed by atoms with Crippen molar-refractivity contribution >= 4 is 11.1 Å². The van der Waals surface area contributed by atoms with Crippen LogP contribution in [-0.2, 0) is 6.42 Å². The van der Waals surface area contributed by atoms with Gasteiger partial charge in [-0.25, -0.2) is 4.79 Å². The number of hydrogen-bond donors (Lipinski definition) is 2. The van der Waals surface area contributed by atoms with E-state index in [2.05, 4.69) is 15.4 Å². The Morgan fingerprint density at radius 1 is 1.41 bits per heavy atom. The summed E-state index contributed by atoms with van der Waals surface area (Å²) in [7, 11) is 1.54. The molecule has 0 saturated heterocycles. The Kier molecular flexibility index (Phi) is 4.24. The molecule has 1 aliphatic carbocycles. The van der Waals surface area contributed by atoms with Crippen molar-refractivity contribution in [3.63, 3.8) is 0 Å². The van der Waals surface area contributed by atoms with Crippen LogP contribution in [0.5, 0.6) is 6.01 Å². The van der Waals surface area contributed by atoms with Crippen molar-refractivity contribution in [3.05, 3.63) is 32.4 Å². The lowest BCUT2D eigenvalue weighted by Crippen LogP contribution is -2.19. The van der Waals surface area contributed by atoms with Crippen LogP contribution >= 0.6 is 0 Å². The molecule has 22 heavy (non-hydrogen) atoms. The Labute approximate surface area is 126 Å². The van der Waals surface area contributed by atoms with Crippen molar-refractivity contribution in [3.8, 4) is 6.01 Å². The molecular formula is C15H19N3O4. The van der Waals surface area contributed by atoms with E-state index in [0.717, 1.165) is 6.42 Å². The minimum Gasteiger partial charge on any atom is -0.403 e. The second kappa shape index (κ2) is 6.31. The highest BCUT2D eigenvalue weighted by Crippen LogP contribution is 2.29. The maximum Gasteiger partial charge on any atom is 0.337 e. The highest BCUT2D eigenvalue weighted by molar-refractivity contribution is 5.75. The van der Waals surface area contributed by atoms with Gasteiger partial charge in [-0.2, -0.15) is 10.5 Å². The van der Waals surface area contributed by atoms with E-state index in [1.165, 1.54) is 31.7 Å². The van der Waals surface area contributed by atoms with Crippen molar-refractivity contribution in [1.29, 1.82) is 0 Å². The SMILES string of the molecule is CNOc1nc2oc(=O)cc(CCC3CCCC3)c2c(=O)[nH]1. The first-order chi connectivity index (χ1) is 10.7. The van der Waals surface area contributed by atoms with Gasteiger partial charge in [0.25, 0.3) is 5.56 Å². The summed E-state index contributed by atoms with van der Waals surface area (Å²) in [6.07, 6.45) is 6.67. The van der Waals surface area contributed by atoms with Gasteiger partial charge in [-0.3, -0.25) is 9.78 Å². The second-order valence-corrected chi connectivity index (χ2v) is 5.64. The molecule has 2 aromatic heterocycles. The van der Waals surface area contributed by atoms with Crippen LogP contribution in [0.25, 0.3) is 11.1 Å². The predicted octanol–water partition coefficient (Wildman–Crippen LogP) is 1.51.